The Hall–Kier alpha value is -3.82. The normalized spacial score (nSPS) is 19.4. The molecule has 6 rings (SSSR count). The van der Waals surface area contributed by atoms with Gasteiger partial charge in [-0.25, -0.2) is 4.99 Å². The number of amidine groups is 1. The number of benzene rings is 3. The number of likely N-dealkylation sites (N-methyl/N-ethyl adjacent to an activating group) is 1. The Balaban J connectivity index is 1.36. The van der Waals surface area contributed by atoms with Crippen LogP contribution in [0.5, 0.6) is 5.75 Å². The van der Waals surface area contributed by atoms with Crippen LogP contribution >= 0.6 is 23.5 Å². The number of fused-ring (bicyclic) bond motifs is 3. The molecule has 0 bridgehead atoms. The first-order valence-electron chi connectivity index (χ1n) is 11.7. The second-order valence-corrected chi connectivity index (χ2v) is 10.6. The van der Waals surface area contributed by atoms with E-state index in [1.165, 1.54) is 11.8 Å². The molecule has 3 aliphatic rings. The van der Waals surface area contributed by atoms with Crippen molar-refractivity contribution in [1.82, 2.24) is 4.90 Å². The molecule has 1 saturated heterocycles. The van der Waals surface area contributed by atoms with E-state index in [2.05, 4.69) is 0 Å². The summed E-state index contributed by atoms with van der Waals surface area (Å²) in [6.07, 6.45) is 0. The maximum Gasteiger partial charge on any atom is 0.269 e. The van der Waals surface area contributed by atoms with Crippen LogP contribution in [0.1, 0.15) is 38.8 Å². The first-order chi connectivity index (χ1) is 17.9. The van der Waals surface area contributed by atoms with Gasteiger partial charge in [-0.3, -0.25) is 19.3 Å². The quantitative estimate of drug-likeness (QED) is 0.327. The standard InChI is InChI=1S/C28H21N3O4S2/c1-4-31-26(34)25(27-30(2)21-14-16(35-3)10-12-22(21)36-27)37-28(31)29-15-9-11-19-20(13-15)24(33)18-8-6-5-7-17(18)23(19)32/h5-14H,4H2,1-3H3/b27-25-,29-28?. The smallest absolute Gasteiger partial charge is 0.269 e. The number of ketones is 2. The molecule has 3 aromatic carbocycles. The van der Waals surface area contributed by atoms with E-state index < -0.39 is 0 Å². The fraction of sp³-hybridized carbons (Fsp3) is 0.143. The van der Waals surface area contributed by atoms with Gasteiger partial charge in [-0.05, 0) is 49.0 Å². The largest absolute Gasteiger partial charge is 0.497 e. The predicted molar refractivity (Wildman–Crippen MR) is 146 cm³/mol. The summed E-state index contributed by atoms with van der Waals surface area (Å²) in [5.41, 5.74) is 3.01. The molecule has 3 aromatic rings. The Kier molecular flexibility index (Phi) is 5.69. The van der Waals surface area contributed by atoms with E-state index >= 15 is 0 Å². The molecule has 0 saturated carbocycles. The molecule has 1 fully saturated rings. The fourth-order valence-electron chi connectivity index (χ4n) is 4.62. The SMILES string of the molecule is CCN1C(=O)/C(=C2/Sc3ccc(OC)cc3N2C)SC1=Nc1ccc2c(c1)C(=O)c1ccccc1C2=O. The fourth-order valence-corrected chi connectivity index (χ4v) is 7.00. The number of rotatable bonds is 3. The summed E-state index contributed by atoms with van der Waals surface area (Å²) in [5.74, 6) is 0.270. The van der Waals surface area contributed by atoms with E-state index in [-0.39, 0.29) is 17.5 Å². The van der Waals surface area contributed by atoms with Gasteiger partial charge in [0, 0.05) is 46.8 Å². The second kappa shape index (κ2) is 8.93. The van der Waals surface area contributed by atoms with Crippen molar-refractivity contribution < 1.29 is 19.1 Å². The third-order valence-electron chi connectivity index (χ3n) is 6.55. The van der Waals surface area contributed by atoms with Crippen molar-refractivity contribution in [3.05, 3.63) is 92.9 Å². The third kappa shape index (κ3) is 3.69. The van der Waals surface area contributed by atoms with E-state index in [0.29, 0.717) is 44.6 Å². The molecule has 9 heteroatoms. The van der Waals surface area contributed by atoms with E-state index in [1.54, 1.807) is 66.2 Å². The number of carbonyl (C=O) groups excluding carboxylic acids is 3. The Bertz CT molecular complexity index is 1590. The van der Waals surface area contributed by atoms with Crippen molar-refractivity contribution in [2.75, 3.05) is 25.6 Å². The van der Waals surface area contributed by atoms with Crippen LogP contribution in [0.2, 0.25) is 0 Å². The van der Waals surface area contributed by atoms with Crippen LogP contribution in [-0.2, 0) is 4.79 Å². The topological polar surface area (TPSA) is 79.3 Å². The zero-order chi connectivity index (χ0) is 25.8. The molecule has 0 aromatic heterocycles. The number of anilines is 1. The lowest BCUT2D eigenvalue weighted by atomic mass is 9.84. The number of methoxy groups -OCH3 is 1. The number of ether oxygens (including phenoxy) is 1. The van der Waals surface area contributed by atoms with Gasteiger partial charge in [0.2, 0.25) is 0 Å². The average molecular weight is 528 g/mol. The Labute approximate surface area is 222 Å². The maximum atomic E-state index is 13.4. The third-order valence-corrected chi connectivity index (χ3v) is 8.98. The minimum Gasteiger partial charge on any atom is -0.497 e. The Morgan fingerprint density at radius 2 is 1.57 bits per heavy atom. The van der Waals surface area contributed by atoms with Crippen LogP contribution in [-0.4, -0.2) is 48.2 Å². The van der Waals surface area contributed by atoms with E-state index in [4.69, 9.17) is 9.73 Å². The minimum absolute atomic E-state index is 0.112. The molecular weight excluding hydrogens is 506 g/mol. The highest BCUT2D eigenvalue weighted by Gasteiger charge is 2.39. The van der Waals surface area contributed by atoms with Crippen LogP contribution in [0, 0.1) is 0 Å². The molecule has 37 heavy (non-hydrogen) atoms. The highest BCUT2D eigenvalue weighted by Crippen LogP contribution is 2.51. The highest BCUT2D eigenvalue weighted by molar-refractivity contribution is 8.19. The van der Waals surface area contributed by atoms with Crippen molar-refractivity contribution in [3.8, 4) is 5.75 Å². The van der Waals surface area contributed by atoms with Gasteiger partial charge in [0.05, 0.1) is 23.5 Å². The lowest BCUT2D eigenvalue weighted by Gasteiger charge is -2.17. The van der Waals surface area contributed by atoms with Crippen LogP contribution in [0.3, 0.4) is 0 Å². The van der Waals surface area contributed by atoms with E-state index in [0.717, 1.165) is 21.4 Å². The highest BCUT2D eigenvalue weighted by atomic mass is 32.2. The first-order valence-corrected chi connectivity index (χ1v) is 13.3. The van der Waals surface area contributed by atoms with Gasteiger partial charge in [0.15, 0.2) is 16.7 Å². The van der Waals surface area contributed by atoms with Gasteiger partial charge in [0.1, 0.15) is 10.7 Å². The summed E-state index contributed by atoms with van der Waals surface area (Å²) in [7, 11) is 3.56. The van der Waals surface area contributed by atoms with Crippen LogP contribution in [0.15, 0.2) is 80.5 Å². The molecule has 0 spiro atoms. The number of hydrogen-bond donors (Lipinski definition) is 0. The van der Waals surface area contributed by atoms with Crippen molar-refractivity contribution in [1.29, 1.82) is 0 Å². The molecule has 0 radical (unpaired) electrons. The summed E-state index contributed by atoms with van der Waals surface area (Å²) < 4.78 is 5.36. The molecular formula is C28H21N3O4S2. The van der Waals surface area contributed by atoms with Gasteiger partial charge < -0.3 is 9.64 Å². The maximum absolute atomic E-state index is 13.4. The van der Waals surface area contributed by atoms with E-state index in [9.17, 15) is 14.4 Å². The molecule has 1 amide bonds. The zero-order valence-corrected chi connectivity index (χ0v) is 21.9. The van der Waals surface area contributed by atoms with Crippen LogP contribution in [0.4, 0.5) is 11.4 Å². The van der Waals surface area contributed by atoms with Crippen molar-refractivity contribution in [2.45, 2.75) is 11.8 Å². The second-order valence-electron chi connectivity index (χ2n) is 8.61. The van der Waals surface area contributed by atoms with Gasteiger partial charge in [-0.1, -0.05) is 36.0 Å². The van der Waals surface area contributed by atoms with Crippen molar-refractivity contribution in [3.63, 3.8) is 0 Å². The molecule has 184 valence electrons. The average Bonchev–Trinajstić information content (AvgIpc) is 3.41. The van der Waals surface area contributed by atoms with Crippen LogP contribution in [0.25, 0.3) is 0 Å². The molecule has 2 heterocycles. The number of nitrogens with zero attached hydrogens (tertiary/aromatic N) is 3. The van der Waals surface area contributed by atoms with E-state index in [1.807, 2.05) is 37.1 Å². The molecule has 0 N–H and O–H groups in total. The van der Waals surface area contributed by atoms with Gasteiger partial charge in [-0.15, -0.1) is 0 Å². The molecule has 1 aliphatic carbocycles. The summed E-state index contributed by atoms with van der Waals surface area (Å²) in [6.45, 7) is 2.35. The molecule has 0 atom stereocenters. The summed E-state index contributed by atoms with van der Waals surface area (Å²) in [6, 6.07) is 17.7. The molecule has 7 nitrogen and oxygen atoms in total. The number of thioether (sulfide) groups is 2. The number of amides is 1. The Morgan fingerprint density at radius 3 is 2.27 bits per heavy atom. The van der Waals surface area contributed by atoms with Crippen LogP contribution < -0.4 is 9.64 Å². The first kappa shape index (κ1) is 23.6. The van der Waals surface area contributed by atoms with Gasteiger partial charge in [-0.2, -0.15) is 0 Å². The van der Waals surface area contributed by atoms with Gasteiger partial charge >= 0.3 is 0 Å². The summed E-state index contributed by atoms with van der Waals surface area (Å²) in [5, 5.41) is 1.37. The lowest BCUT2D eigenvalue weighted by molar-refractivity contribution is -0.122. The summed E-state index contributed by atoms with van der Waals surface area (Å²) >= 11 is 2.86. The lowest BCUT2D eigenvalue weighted by Crippen LogP contribution is -2.29. The molecule has 0 unspecified atom stereocenters. The minimum atomic E-state index is -0.199. The van der Waals surface area contributed by atoms with Gasteiger partial charge in [0.25, 0.3) is 5.91 Å². The molecule has 2 aliphatic heterocycles. The zero-order valence-electron chi connectivity index (χ0n) is 20.3. The summed E-state index contributed by atoms with van der Waals surface area (Å²) in [4.78, 5) is 49.5. The Morgan fingerprint density at radius 1 is 0.865 bits per heavy atom. The van der Waals surface area contributed by atoms with Crippen molar-refractivity contribution >= 4 is 57.5 Å². The number of aliphatic imine (C=N–C) groups is 1. The predicted octanol–water partition coefficient (Wildman–Crippen LogP) is 5.46. The monoisotopic (exact) mass is 527 g/mol. The number of hydrogen-bond acceptors (Lipinski definition) is 8. The van der Waals surface area contributed by atoms with Crippen molar-refractivity contribution in [2.24, 2.45) is 4.99 Å². The number of carbonyl (C=O) groups is 3.